The van der Waals surface area contributed by atoms with Crippen LogP contribution in [-0.4, -0.2) is 141 Å². The topological polar surface area (TPSA) is 145 Å². The number of fused-ring (bicyclic) bond motifs is 5. The summed E-state index contributed by atoms with van der Waals surface area (Å²) in [6, 6.07) is 11.9. The van der Waals surface area contributed by atoms with Crippen LogP contribution in [0.5, 0.6) is 5.75 Å². The number of aryl methyl sites for hydroxylation is 1. The normalized spacial score (nSPS) is 27.2. The summed E-state index contributed by atoms with van der Waals surface area (Å²) in [5.74, 6) is -0.0319. The number of rotatable bonds is 6. The maximum atomic E-state index is 13.3. The van der Waals surface area contributed by atoms with E-state index in [4.69, 9.17) is 21.1 Å². The van der Waals surface area contributed by atoms with E-state index in [2.05, 4.69) is 45.9 Å². The number of carbonyl (C=O) groups excluding carboxylic acids is 2. The lowest BCUT2D eigenvalue weighted by Gasteiger charge is -2.44. The first-order valence-electron chi connectivity index (χ1n) is 23.0. The van der Waals surface area contributed by atoms with Crippen LogP contribution in [0.4, 0.5) is 45.2 Å². The molecule has 0 radical (unpaired) electrons. The Bertz CT molecular complexity index is 2190. The van der Waals surface area contributed by atoms with Gasteiger partial charge < -0.3 is 33.7 Å². The van der Waals surface area contributed by atoms with Crippen LogP contribution in [0.1, 0.15) is 74.9 Å². The molecule has 1 spiro atoms. The molecule has 398 valence electrons. The van der Waals surface area contributed by atoms with Crippen molar-refractivity contribution in [2.45, 2.75) is 95.0 Å². The predicted molar refractivity (Wildman–Crippen MR) is 248 cm³/mol. The molecule has 4 heterocycles. The van der Waals surface area contributed by atoms with Crippen molar-refractivity contribution in [3.8, 4) is 5.75 Å². The van der Waals surface area contributed by atoms with Gasteiger partial charge in [-0.2, -0.15) is 39.5 Å². The van der Waals surface area contributed by atoms with Gasteiger partial charge in [0.25, 0.3) is 5.91 Å². The van der Waals surface area contributed by atoms with Gasteiger partial charge in [0.15, 0.2) is 5.78 Å². The number of amides is 1. The number of ether oxygens (including phenoxy) is 2. The van der Waals surface area contributed by atoms with Gasteiger partial charge >= 0.3 is 25.9 Å². The fourth-order valence-electron chi connectivity index (χ4n) is 9.30. The second-order valence-corrected chi connectivity index (χ2v) is 20.9. The van der Waals surface area contributed by atoms with Crippen LogP contribution >= 0.6 is 11.6 Å². The van der Waals surface area contributed by atoms with Gasteiger partial charge in [0, 0.05) is 67.2 Å². The van der Waals surface area contributed by atoms with E-state index in [1.807, 2.05) is 13.0 Å². The molecule has 8 rings (SSSR count). The molecule has 71 heavy (non-hydrogen) atoms. The van der Waals surface area contributed by atoms with Crippen LogP contribution in [0.15, 0.2) is 48.6 Å². The molecule has 1 amide bonds. The van der Waals surface area contributed by atoms with Gasteiger partial charge in [0.05, 0.1) is 30.8 Å². The molecule has 25 heteroatoms. The Hall–Kier alpha value is -3.65. The highest BCUT2D eigenvalue weighted by Gasteiger charge is 2.45. The number of carbonyl (C=O) groups is 2. The van der Waals surface area contributed by atoms with E-state index in [0.29, 0.717) is 37.9 Å². The average Bonchev–Trinajstić information content (AvgIpc) is 3.42. The Balaban J connectivity index is 0.000000257. The number of morpholine rings is 1. The monoisotopic (exact) mass is 1060 g/mol. The van der Waals surface area contributed by atoms with Gasteiger partial charge in [-0.3, -0.25) is 14.5 Å². The number of alkyl halides is 9. The molecule has 4 aliphatic heterocycles. The molecule has 13 nitrogen and oxygen atoms in total. The lowest BCUT2D eigenvalue weighted by Crippen LogP contribution is -2.56. The number of allylic oxidation sites excluding steroid dienone is 2. The maximum absolute atomic E-state index is 13.3. The zero-order valence-electron chi connectivity index (χ0n) is 38.6. The van der Waals surface area contributed by atoms with Crippen LogP contribution in [0.3, 0.4) is 0 Å². The minimum atomic E-state index is -4.96. The first-order valence-corrected chi connectivity index (χ1v) is 24.9. The molecule has 2 bridgehead atoms. The number of nitrogens with zero attached hydrogens (tertiary/aromatic N) is 2. The smallest absolute Gasteiger partial charge is 0.490 e. The number of anilines is 1. The van der Waals surface area contributed by atoms with Crippen molar-refractivity contribution in [1.29, 1.82) is 0 Å². The summed E-state index contributed by atoms with van der Waals surface area (Å²) in [6.07, 6.45) is -6.27. The van der Waals surface area contributed by atoms with E-state index >= 15 is 0 Å². The van der Waals surface area contributed by atoms with Crippen molar-refractivity contribution in [3.63, 3.8) is 0 Å². The predicted octanol–water partition coefficient (Wildman–Crippen LogP) is 8.09. The largest absolute Gasteiger partial charge is 0.640 e. The minimum Gasteiger partial charge on any atom is -0.490 e. The van der Waals surface area contributed by atoms with E-state index in [1.54, 1.807) is 37.3 Å². The Morgan fingerprint density at radius 3 is 2.21 bits per heavy atom. The van der Waals surface area contributed by atoms with E-state index in [9.17, 15) is 57.5 Å². The molecular formula is C46H61BClF9N4O9S. The molecule has 2 aromatic carbocycles. The van der Waals surface area contributed by atoms with Gasteiger partial charge in [-0.05, 0) is 105 Å². The first-order chi connectivity index (χ1) is 32.8. The van der Waals surface area contributed by atoms with Crippen LogP contribution in [0, 0.1) is 17.8 Å². The van der Waals surface area contributed by atoms with Gasteiger partial charge in [0.2, 0.25) is 10.0 Å². The SMILES string of the molecule is C.C1CN2CCOC[C@@H]2CN1.C[C@@H]1[C@@H](C)C/C=C/C(=O)[C@@H]2CC[C@H]2CN2C[C@@]3(CCCc4cc(Cl)ccc43)COc3ccc(cc32)C(=O)NS1(=O)=O.FC(F)(F)COB(OCC(F)(F)F)OCC(F)(F)F. The van der Waals surface area contributed by atoms with Gasteiger partial charge in [-0.25, -0.2) is 13.1 Å². The standard InChI is InChI=1S/C32H37ClN2O5S.C7H14N2O.C6H6BF9O3.CH4/c1-20-5-3-7-29(36)26-11-8-24(26)17-35-18-32(14-4-6-22-15-25(33)10-12-27(22)32)19-40-30-13-9-23(16-28(30)35)31(37)34-41(38,39)21(20)2;1-2-9-3-4-10-6-7(9)5-8-1;8-4(9,10)1-17-7(18-2-5(11,12)13)19-3-6(14,15)16;/h3,7,9-10,12-13,15-16,20-21,24,26H,4-6,8,11,14,17-19H2,1-2H3,(H,34,37);7-8H,1-6H2;1-3H2;1H4/b7-3+;;;/t20-,21+,24-,26+,32-;7-;;/m00../s1. The summed E-state index contributed by atoms with van der Waals surface area (Å²) in [4.78, 5) is 31.3. The molecule has 1 saturated carbocycles. The fourth-order valence-corrected chi connectivity index (χ4v) is 10.8. The molecule has 3 fully saturated rings. The Morgan fingerprint density at radius 2 is 1.59 bits per heavy atom. The van der Waals surface area contributed by atoms with Crippen molar-refractivity contribution in [3.05, 3.63) is 70.3 Å². The highest BCUT2D eigenvalue weighted by atomic mass is 35.5. The highest BCUT2D eigenvalue weighted by molar-refractivity contribution is 7.90. The van der Waals surface area contributed by atoms with Crippen molar-refractivity contribution in [2.75, 3.05) is 83.8 Å². The quantitative estimate of drug-likeness (QED) is 0.213. The van der Waals surface area contributed by atoms with E-state index in [1.165, 1.54) is 17.7 Å². The molecule has 2 aromatic rings. The number of nitrogens with one attached hydrogen (secondary N) is 2. The third kappa shape index (κ3) is 16.7. The van der Waals surface area contributed by atoms with Gasteiger partial charge in [0.1, 0.15) is 25.6 Å². The van der Waals surface area contributed by atoms with Crippen molar-refractivity contribution < 1.29 is 81.0 Å². The molecule has 6 atom stereocenters. The fraction of sp³-hybridized carbons (Fsp3) is 0.652. The Morgan fingerprint density at radius 1 is 0.915 bits per heavy atom. The summed E-state index contributed by atoms with van der Waals surface area (Å²) >= 11 is 6.37. The number of hydrogen-bond acceptors (Lipinski definition) is 12. The zero-order chi connectivity index (χ0) is 51.1. The summed E-state index contributed by atoms with van der Waals surface area (Å²) in [5.41, 5.74) is 3.22. The van der Waals surface area contributed by atoms with Crippen LogP contribution in [-0.2, 0) is 45.4 Å². The Kier molecular flexibility index (Phi) is 20.2. The lowest BCUT2D eigenvalue weighted by molar-refractivity contribution is -0.187. The van der Waals surface area contributed by atoms with Crippen molar-refractivity contribution >= 4 is 46.3 Å². The van der Waals surface area contributed by atoms with Crippen LogP contribution < -0.4 is 19.7 Å². The molecule has 0 unspecified atom stereocenters. The molecule has 2 saturated heterocycles. The Labute approximate surface area is 413 Å². The second kappa shape index (κ2) is 24.6. The molecule has 6 aliphatic rings. The molecule has 2 aliphatic carbocycles. The number of hydrogen-bond donors (Lipinski definition) is 2. The lowest BCUT2D eigenvalue weighted by atomic mass is 9.68. The van der Waals surface area contributed by atoms with E-state index in [-0.39, 0.29) is 41.9 Å². The third-order valence-electron chi connectivity index (χ3n) is 13.3. The van der Waals surface area contributed by atoms with E-state index < -0.39 is 66.9 Å². The first kappa shape index (κ1) is 58.2. The zero-order valence-corrected chi connectivity index (χ0v) is 40.1. The van der Waals surface area contributed by atoms with E-state index in [0.717, 1.165) is 75.7 Å². The van der Waals surface area contributed by atoms with Crippen molar-refractivity contribution in [1.82, 2.24) is 14.9 Å². The number of sulfonamides is 1. The van der Waals surface area contributed by atoms with Crippen molar-refractivity contribution in [2.24, 2.45) is 17.8 Å². The maximum Gasteiger partial charge on any atom is 0.640 e. The summed E-state index contributed by atoms with van der Waals surface area (Å²) in [6.45, 7) is 5.32. The molecule has 0 aromatic heterocycles. The number of piperazine rings is 1. The second-order valence-electron chi connectivity index (χ2n) is 18.5. The number of ketones is 1. The number of benzene rings is 2. The summed E-state index contributed by atoms with van der Waals surface area (Å²) in [5, 5.41) is 3.28. The average molecular weight is 1060 g/mol. The van der Waals surface area contributed by atoms with Gasteiger partial charge in [-0.15, -0.1) is 0 Å². The summed E-state index contributed by atoms with van der Waals surface area (Å²) < 4.78 is 156. The molecular weight excluding hydrogens is 1000 g/mol. The highest BCUT2D eigenvalue weighted by Crippen LogP contribution is 2.46. The third-order valence-corrected chi connectivity index (χ3v) is 15.5. The van der Waals surface area contributed by atoms with Crippen LogP contribution in [0.25, 0.3) is 0 Å². The number of halogens is 10. The van der Waals surface area contributed by atoms with Crippen LogP contribution in [0.2, 0.25) is 5.02 Å². The summed E-state index contributed by atoms with van der Waals surface area (Å²) in [7, 11) is -6.66. The molecule has 2 N–H and O–H groups in total. The van der Waals surface area contributed by atoms with Gasteiger partial charge in [-0.1, -0.05) is 38.1 Å². The minimum absolute atomic E-state index is 0.